The Bertz CT molecular complexity index is 1420. The number of amides is 1. The number of pyridine rings is 2. The number of hydrogen-bond acceptors (Lipinski definition) is 5. The first-order valence-corrected chi connectivity index (χ1v) is 11.4. The third-order valence-electron chi connectivity index (χ3n) is 4.81. The van der Waals surface area contributed by atoms with E-state index in [1.807, 2.05) is 0 Å². The topological polar surface area (TPSA) is 94.0 Å². The highest BCUT2D eigenvalue weighted by Crippen LogP contribution is 2.26. The Morgan fingerprint density at radius 3 is 2.69 bits per heavy atom. The second kappa shape index (κ2) is 8.46. The van der Waals surface area contributed by atoms with Gasteiger partial charge in [-0.3, -0.25) is 13.8 Å². The number of carbonyl (C=O) groups excluding carboxylic acids is 1. The number of rotatable bonds is 6. The molecule has 4 aromatic rings. The summed E-state index contributed by atoms with van der Waals surface area (Å²) in [5, 5.41) is 3.45. The molecular weight excluding hydrogens is 438 g/mol. The quantitative estimate of drug-likeness (QED) is 0.477. The van der Waals surface area contributed by atoms with Crippen molar-refractivity contribution < 1.29 is 22.0 Å². The Hall–Kier alpha value is -3.66. The van der Waals surface area contributed by atoms with E-state index >= 15 is 0 Å². The van der Waals surface area contributed by atoms with Crippen LogP contribution >= 0.6 is 0 Å². The van der Waals surface area contributed by atoms with Crippen LogP contribution in [0.1, 0.15) is 28.0 Å². The highest BCUT2D eigenvalue weighted by atomic mass is 32.2. The maximum Gasteiger partial charge on any atom is 0.263 e. The lowest BCUT2D eigenvalue weighted by atomic mass is 10.1. The first-order valence-electron chi connectivity index (χ1n) is 9.51. The number of aromatic nitrogens is 3. The first-order chi connectivity index (χ1) is 15.2. The molecule has 0 aliphatic rings. The average Bonchev–Trinajstić information content (AvgIpc) is 3.28. The van der Waals surface area contributed by atoms with Gasteiger partial charge in [-0.25, -0.2) is 22.2 Å². The molecule has 0 spiro atoms. The molecular formula is C22H18F2N4O3S. The van der Waals surface area contributed by atoms with Crippen molar-refractivity contribution in [2.24, 2.45) is 0 Å². The average molecular weight is 456 g/mol. The third-order valence-corrected chi connectivity index (χ3v) is 5.80. The zero-order chi connectivity index (χ0) is 22.9. The number of nitrogens with one attached hydrogen (secondary N) is 1. The molecule has 0 fully saturated rings. The minimum atomic E-state index is -3.47. The van der Waals surface area contributed by atoms with Crippen molar-refractivity contribution in [2.75, 3.05) is 6.26 Å². The zero-order valence-corrected chi connectivity index (χ0v) is 17.7. The standard InChI is InChI=1S/C22H18F2N4O3S/c1-32(30,31)28-8-7-17(13-28)22(29)26-12-18-10-20-16(11-25-18)5-6-19(27-20)14-3-2-4-15(9-14)21(23)24/h2-11,13,21H,12H2,1H3,(H,26,29). The summed E-state index contributed by atoms with van der Waals surface area (Å²) < 4.78 is 50.0. The molecule has 0 aliphatic heterocycles. The van der Waals surface area contributed by atoms with Crippen molar-refractivity contribution in [3.8, 4) is 11.3 Å². The zero-order valence-electron chi connectivity index (χ0n) is 16.9. The lowest BCUT2D eigenvalue weighted by Crippen LogP contribution is -2.23. The van der Waals surface area contributed by atoms with Crippen molar-refractivity contribution in [3.63, 3.8) is 0 Å². The lowest BCUT2D eigenvalue weighted by Gasteiger charge is -2.08. The van der Waals surface area contributed by atoms with E-state index in [0.717, 1.165) is 15.6 Å². The van der Waals surface area contributed by atoms with Crippen LogP contribution in [0, 0.1) is 0 Å². The Kier molecular flexibility index (Phi) is 5.70. The maximum absolute atomic E-state index is 13.0. The van der Waals surface area contributed by atoms with Crippen LogP contribution in [0.3, 0.4) is 0 Å². The van der Waals surface area contributed by atoms with E-state index < -0.39 is 22.4 Å². The summed E-state index contributed by atoms with van der Waals surface area (Å²) in [6, 6.07) is 12.7. The SMILES string of the molecule is CS(=O)(=O)n1ccc(C(=O)NCc2cc3nc(-c4cccc(C(F)F)c4)ccc3cn2)c1. The van der Waals surface area contributed by atoms with Crippen molar-refractivity contribution in [1.29, 1.82) is 0 Å². The molecule has 7 nitrogen and oxygen atoms in total. The van der Waals surface area contributed by atoms with Crippen LogP contribution in [0.15, 0.2) is 67.1 Å². The molecule has 1 amide bonds. The van der Waals surface area contributed by atoms with Crippen LogP contribution in [-0.4, -0.2) is 34.5 Å². The third kappa shape index (κ3) is 4.65. The molecule has 0 saturated heterocycles. The number of hydrogen-bond donors (Lipinski definition) is 1. The Balaban J connectivity index is 1.53. The summed E-state index contributed by atoms with van der Waals surface area (Å²) >= 11 is 0. The van der Waals surface area contributed by atoms with Crippen molar-refractivity contribution in [3.05, 3.63) is 83.9 Å². The van der Waals surface area contributed by atoms with Crippen LogP contribution in [0.5, 0.6) is 0 Å². The van der Waals surface area contributed by atoms with Crippen LogP contribution in [-0.2, 0) is 16.6 Å². The van der Waals surface area contributed by atoms with Gasteiger partial charge in [-0.15, -0.1) is 0 Å². The van der Waals surface area contributed by atoms with Gasteiger partial charge < -0.3 is 5.32 Å². The smallest absolute Gasteiger partial charge is 0.263 e. The Morgan fingerprint density at radius 1 is 1.16 bits per heavy atom. The van der Waals surface area contributed by atoms with E-state index in [1.54, 1.807) is 36.5 Å². The Labute approximate surface area is 182 Å². The molecule has 4 rings (SSSR count). The molecule has 0 radical (unpaired) electrons. The van der Waals surface area contributed by atoms with Crippen LogP contribution in [0.2, 0.25) is 0 Å². The van der Waals surface area contributed by atoms with Crippen LogP contribution < -0.4 is 5.32 Å². The van der Waals surface area contributed by atoms with E-state index in [0.29, 0.717) is 22.5 Å². The molecule has 0 saturated carbocycles. The molecule has 0 bridgehead atoms. The predicted molar refractivity (Wildman–Crippen MR) is 116 cm³/mol. The van der Waals surface area contributed by atoms with Gasteiger partial charge in [-0.1, -0.05) is 18.2 Å². The molecule has 0 atom stereocenters. The van der Waals surface area contributed by atoms with Gasteiger partial charge in [0.05, 0.1) is 35.3 Å². The fraction of sp³-hybridized carbons (Fsp3) is 0.136. The number of nitrogens with zero attached hydrogens (tertiary/aromatic N) is 3. The number of carbonyl (C=O) groups is 1. The van der Waals surface area contributed by atoms with E-state index in [9.17, 15) is 22.0 Å². The fourth-order valence-corrected chi connectivity index (χ4v) is 3.73. The second-order valence-corrected chi connectivity index (χ2v) is 9.05. The molecule has 32 heavy (non-hydrogen) atoms. The highest BCUT2D eigenvalue weighted by Gasteiger charge is 2.12. The number of fused-ring (bicyclic) bond motifs is 1. The molecule has 3 heterocycles. The lowest BCUT2D eigenvalue weighted by molar-refractivity contribution is 0.0950. The van der Waals surface area contributed by atoms with Crippen molar-refractivity contribution >= 4 is 26.8 Å². The molecule has 0 aliphatic carbocycles. The monoisotopic (exact) mass is 456 g/mol. The predicted octanol–water partition coefficient (Wildman–Crippen LogP) is 3.77. The summed E-state index contributed by atoms with van der Waals surface area (Å²) in [6.07, 6.45) is 2.62. The number of benzene rings is 1. The van der Waals surface area contributed by atoms with Gasteiger partial charge in [0.15, 0.2) is 0 Å². The minimum absolute atomic E-state index is 0.0766. The summed E-state index contributed by atoms with van der Waals surface area (Å²) in [6.45, 7) is 0.103. The fourth-order valence-electron chi connectivity index (χ4n) is 3.14. The number of alkyl halides is 2. The van der Waals surface area contributed by atoms with Gasteiger partial charge in [0.1, 0.15) is 0 Å². The maximum atomic E-state index is 13.0. The normalized spacial score (nSPS) is 11.8. The van der Waals surface area contributed by atoms with Crippen LogP contribution in [0.25, 0.3) is 22.2 Å². The van der Waals surface area contributed by atoms with Gasteiger partial charge in [-0.2, -0.15) is 0 Å². The molecule has 1 aromatic carbocycles. The molecule has 10 heteroatoms. The molecule has 164 valence electrons. The van der Waals surface area contributed by atoms with Gasteiger partial charge >= 0.3 is 0 Å². The van der Waals surface area contributed by atoms with Crippen molar-refractivity contribution in [2.45, 2.75) is 13.0 Å². The second-order valence-electron chi connectivity index (χ2n) is 7.17. The van der Waals surface area contributed by atoms with E-state index in [1.165, 1.54) is 30.6 Å². The number of halogens is 2. The van der Waals surface area contributed by atoms with Gasteiger partial charge in [0.25, 0.3) is 12.3 Å². The van der Waals surface area contributed by atoms with Crippen LogP contribution in [0.4, 0.5) is 8.78 Å². The summed E-state index contributed by atoms with van der Waals surface area (Å²) in [4.78, 5) is 21.2. The van der Waals surface area contributed by atoms with Gasteiger partial charge in [0, 0.05) is 35.1 Å². The van der Waals surface area contributed by atoms with Gasteiger partial charge in [-0.05, 0) is 30.3 Å². The molecule has 3 aromatic heterocycles. The molecule has 1 N–H and O–H groups in total. The summed E-state index contributed by atoms with van der Waals surface area (Å²) in [5.74, 6) is -0.445. The summed E-state index contributed by atoms with van der Waals surface area (Å²) in [5.41, 5.74) is 2.39. The Morgan fingerprint density at radius 2 is 1.97 bits per heavy atom. The van der Waals surface area contributed by atoms with E-state index in [-0.39, 0.29) is 17.7 Å². The van der Waals surface area contributed by atoms with E-state index in [2.05, 4.69) is 15.3 Å². The largest absolute Gasteiger partial charge is 0.346 e. The first kappa shape index (κ1) is 21.6. The molecule has 0 unspecified atom stereocenters. The van der Waals surface area contributed by atoms with Gasteiger partial charge in [0.2, 0.25) is 10.0 Å². The summed E-state index contributed by atoms with van der Waals surface area (Å²) in [7, 11) is -3.47. The van der Waals surface area contributed by atoms with E-state index in [4.69, 9.17) is 0 Å². The minimum Gasteiger partial charge on any atom is -0.346 e. The van der Waals surface area contributed by atoms with Crippen molar-refractivity contribution in [1.82, 2.24) is 19.3 Å². The highest BCUT2D eigenvalue weighted by molar-refractivity contribution is 7.89.